The number of aryl methyl sites for hydroxylation is 1. The van der Waals surface area contributed by atoms with Crippen molar-refractivity contribution in [3.05, 3.63) is 11.8 Å². The van der Waals surface area contributed by atoms with Gasteiger partial charge >= 0.3 is 0 Å². The van der Waals surface area contributed by atoms with Gasteiger partial charge in [-0.15, -0.1) is 0 Å². The Labute approximate surface area is 89.3 Å². The fraction of sp³-hybridized carbons (Fsp3) is 0.600. The van der Waals surface area contributed by atoms with Crippen molar-refractivity contribution in [3.8, 4) is 5.88 Å². The molecule has 5 nitrogen and oxygen atoms in total. The Morgan fingerprint density at radius 2 is 2.27 bits per heavy atom. The van der Waals surface area contributed by atoms with Crippen molar-refractivity contribution >= 4 is 5.95 Å². The molecule has 2 rings (SSSR count). The zero-order valence-electron chi connectivity index (χ0n) is 9.10. The van der Waals surface area contributed by atoms with E-state index in [9.17, 15) is 0 Å². The highest BCUT2D eigenvalue weighted by molar-refractivity contribution is 5.38. The first kappa shape index (κ1) is 10.2. The summed E-state index contributed by atoms with van der Waals surface area (Å²) in [5.41, 5.74) is 6.63. The predicted molar refractivity (Wildman–Crippen MR) is 58.1 cm³/mol. The molecule has 5 heteroatoms. The Morgan fingerprint density at radius 3 is 2.87 bits per heavy atom. The van der Waals surface area contributed by atoms with Crippen LogP contribution in [0.5, 0.6) is 5.88 Å². The monoisotopic (exact) mass is 208 g/mol. The molecule has 0 bridgehead atoms. The molecule has 1 fully saturated rings. The topological polar surface area (TPSA) is 64.3 Å². The SMILES string of the molecule is CCOc1cc(C)nc(N2CC(N)C2)n1. The van der Waals surface area contributed by atoms with Crippen LogP contribution in [0.1, 0.15) is 12.6 Å². The molecule has 1 aromatic rings. The minimum atomic E-state index is 0.254. The molecule has 1 saturated heterocycles. The molecule has 0 saturated carbocycles. The zero-order chi connectivity index (χ0) is 10.8. The van der Waals surface area contributed by atoms with E-state index in [2.05, 4.69) is 14.9 Å². The third-order valence-corrected chi connectivity index (χ3v) is 2.30. The van der Waals surface area contributed by atoms with Crippen LogP contribution in [0, 0.1) is 6.92 Å². The lowest BCUT2D eigenvalue weighted by atomic mass is 10.1. The molecule has 2 heterocycles. The van der Waals surface area contributed by atoms with Crippen LogP contribution in [0.2, 0.25) is 0 Å². The zero-order valence-corrected chi connectivity index (χ0v) is 9.10. The number of anilines is 1. The highest BCUT2D eigenvalue weighted by Crippen LogP contribution is 2.19. The average molecular weight is 208 g/mol. The van der Waals surface area contributed by atoms with Gasteiger partial charge in [0.15, 0.2) is 0 Å². The van der Waals surface area contributed by atoms with Crippen molar-refractivity contribution in [2.45, 2.75) is 19.9 Å². The number of ether oxygens (including phenoxy) is 1. The van der Waals surface area contributed by atoms with Gasteiger partial charge in [-0.1, -0.05) is 0 Å². The molecule has 1 aromatic heterocycles. The van der Waals surface area contributed by atoms with E-state index < -0.39 is 0 Å². The van der Waals surface area contributed by atoms with Crippen LogP contribution in [0.3, 0.4) is 0 Å². The Balaban J connectivity index is 2.16. The minimum absolute atomic E-state index is 0.254. The van der Waals surface area contributed by atoms with Crippen LogP contribution in [0.4, 0.5) is 5.95 Å². The van der Waals surface area contributed by atoms with Crippen LogP contribution in [0.25, 0.3) is 0 Å². The van der Waals surface area contributed by atoms with E-state index in [0.29, 0.717) is 12.5 Å². The Morgan fingerprint density at radius 1 is 1.53 bits per heavy atom. The standard InChI is InChI=1S/C10H16N4O/c1-3-15-9-4-7(2)12-10(13-9)14-5-8(11)6-14/h4,8H,3,5-6,11H2,1-2H3. The van der Waals surface area contributed by atoms with Gasteiger partial charge in [0.25, 0.3) is 0 Å². The van der Waals surface area contributed by atoms with Gasteiger partial charge in [0.1, 0.15) is 0 Å². The largest absolute Gasteiger partial charge is 0.478 e. The van der Waals surface area contributed by atoms with Crippen molar-refractivity contribution in [2.24, 2.45) is 5.73 Å². The van der Waals surface area contributed by atoms with Gasteiger partial charge in [-0.3, -0.25) is 0 Å². The lowest BCUT2D eigenvalue weighted by Gasteiger charge is -2.36. The number of nitrogens with two attached hydrogens (primary N) is 1. The quantitative estimate of drug-likeness (QED) is 0.775. The summed E-state index contributed by atoms with van der Waals surface area (Å²) in [5, 5.41) is 0. The van der Waals surface area contributed by atoms with E-state index >= 15 is 0 Å². The number of aromatic nitrogens is 2. The van der Waals surface area contributed by atoms with E-state index in [4.69, 9.17) is 10.5 Å². The summed E-state index contributed by atoms with van der Waals surface area (Å²) in [6.07, 6.45) is 0. The van der Waals surface area contributed by atoms with Crippen LogP contribution in [0.15, 0.2) is 6.07 Å². The molecule has 15 heavy (non-hydrogen) atoms. The fourth-order valence-electron chi connectivity index (χ4n) is 1.56. The second-order valence-corrected chi connectivity index (χ2v) is 3.75. The molecular weight excluding hydrogens is 192 g/mol. The highest BCUT2D eigenvalue weighted by atomic mass is 16.5. The van der Waals surface area contributed by atoms with Crippen molar-refractivity contribution in [2.75, 3.05) is 24.6 Å². The molecule has 2 N–H and O–H groups in total. The van der Waals surface area contributed by atoms with Gasteiger partial charge < -0.3 is 15.4 Å². The van der Waals surface area contributed by atoms with Gasteiger partial charge in [0, 0.05) is 30.9 Å². The fourth-order valence-corrected chi connectivity index (χ4v) is 1.56. The first-order chi connectivity index (χ1) is 7.19. The number of rotatable bonds is 3. The smallest absolute Gasteiger partial charge is 0.228 e. The third-order valence-electron chi connectivity index (χ3n) is 2.30. The summed E-state index contributed by atoms with van der Waals surface area (Å²) in [5.74, 6) is 1.36. The molecule has 1 aliphatic rings. The van der Waals surface area contributed by atoms with E-state index in [1.807, 2.05) is 19.9 Å². The molecule has 0 amide bonds. The molecule has 0 unspecified atom stereocenters. The van der Waals surface area contributed by atoms with Gasteiger partial charge in [0.2, 0.25) is 11.8 Å². The number of hydrogen-bond donors (Lipinski definition) is 1. The van der Waals surface area contributed by atoms with Crippen molar-refractivity contribution in [1.29, 1.82) is 0 Å². The van der Waals surface area contributed by atoms with Crippen LogP contribution >= 0.6 is 0 Å². The van der Waals surface area contributed by atoms with Crippen LogP contribution in [-0.2, 0) is 0 Å². The first-order valence-corrected chi connectivity index (χ1v) is 5.18. The van der Waals surface area contributed by atoms with Crippen LogP contribution < -0.4 is 15.4 Å². The second kappa shape index (κ2) is 4.02. The maximum atomic E-state index is 5.71. The van der Waals surface area contributed by atoms with Crippen molar-refractivity contribution < 1.29 is 4.74 Å². The summed E-state index contributed by atoms with van der Waals surface area (Å²) < 4.78 is 5.36. The van der Waals surface area contributed by atoms with Crippen LogP contribution in [-0.4, -0.2) is 35.7 Å². The summed E-state index contributed by atoms with van der Waals surface area (Å²) in [6, 6.07) is 2.09. The average Bonchev–Trinajstić information content (AvgIpc) is 2.12. The molecular formula is C10H16N4O. The summed E-state index contributed by atoms with van der Waals surface area (Å²) in [6.45, 7) is 6.16. The maximum absolute atomic E-state index is 5.71. The minimum Gasteiger partial charge on any atom is -0.478 e. The summed E-state index contributed by atoms with van der Waals surface area (Å²) >= 11 is 0. The normalized spacial score (nSPS) is 16.3. The second-order valence-electron chi connectivity index (χ2n) is 3.75. The van der Waals surface area contributed by atoms with Crippen molar-refractivity contribution in [1.82, 2.24) is 9.97 Å². The van der Waals surface area contributed by atoms with Crippen molar-refractivity contribution in [3.63, 3.8) is 0 Å². The number of hydrogen-bond acceptors (Lipinski definition) is 5. The number of nitrogens with zero attached hydrogens (tertiary/aromatic N) is 3. The van der Waals surface area contributed by atoms with E-state index in [1.165, 1.54) is 0 Å². The Hall–Kier alpha value is -1.36. The van der Waals surface area contributed by atoms with Gasteiger partial charge in [-0.2, -0.15) is 4.98 Å². The van der Waals surface area contributed by atoms with E-state index in [1.54, 1.807) is 0 Å². The van der Waals surface area contributed by atoms with Gasteiger partial charge in [0.05, 0.1) is 6.61 Å². The Bertz CT molecular complexity index is 349. The lowest BCUT2D eigenvalue weighted by molar-refractivity contribution is 0.325. The molecule has 1 aliphatic heterocycles. The summed E-state index contributed by atoms with van der Waals surface area (Å²) in [7, 11) is 0. The first-order valence-electron chi connectivity index (χ1n) is 5.18. The Kier molecular flexibility index (Phi) is 2.73. The highest BCUT2D eigenvalue weighted by Gasteiger charge is 2.25. The lowest BCUT2D eigenvalue weighted by Crippen LogP contribution is -2.56. The molecule has 0 spiro atoms. The molecule has 0 radical (unpaired) electrons. The predicted octanol–water partition coefficient (Wildman–Crippen LogP) is 0.331. The molecule has 0 aromatic carbocycles. The van der Waals surface area contributed by atoms with E-state index in [0.717, 1.165) is 24.7 Å². The molecule has 82 valence electrons. The maximum Gasteiger partial charge on any atom is 0.228 e. The molecule has 0 atom stereocenters. The van der Waals surface area contributed by atoms with Gasteiger partial charge in [-0.05, 0) is 13.8 Å². The van der Waals surface area contributed by atoms with Gasteiger partial charge in [-0.25, -0.2) is 4.98 Å². The van der Waals surface area contributed by atoms with E-state index in [-0.39, 0.29) is 6.04 Å². The third kappa shape index (κ3) is 2.18. The molecule has 0 aliphatic carbocycles. The summed E-state index contributed by atoms with van der Waals surface area (Å²) in [4.78, 5) is 10.7.